The Morgan fingerprint density at radius 1 is 1.58 bits per heavy atom. The van der Waals surface area contributed by atoms with Gasteiger partial charge in [0.2, 0.25) is 0 Å². The van der Waals surface area contributed by atoms with Gasteiger partial charge in [-0.15, -0.1) is 0 Å². The smallest absolute Gasteiger partial charge is 0.258 e. The summed E-state index contributed by atoms with van der Waals surface area (Å²) < 4.78 is 15.0. The highest BCUT2D eigenvalue weighted by atomic mass is 79.9. The molecular weight excluding hydrogens is 315 g/mol. The van der Waals surface area contributed by atoms with E-state index in [2.05, 4.69) is 26.3 Å². The Morgan fingerprint density at radius 2 is 2.32 bits per heavy atom. The fraction of sp³-hybridized carbons (Fsp3) is 0.0833. The summed E-state index contributed by atoms with van der Waals surface area (Å²) in [6, 6.07) is 5.70. The molecule has 1 aromatic carbocycles. The van der Waals surface area contributed by atoms with Crippen LogP contribution in [-0.4, -0.2) is 15.7 Å². The van der Waals surface area contributed by atoms with Gasteiger partial charge in [0.05, 0.1) is 5.56 Å². The predicted molar refractivity (Wildman–Crippen MR) is 70.0 cm³/mol. The Morgan fingerprint density at radius 3 is 3.00 bits per heavy atom. The molecule has 19 heavy (non-hydrogen) atoms. The van der Waals surface area contributed by atoms with Gasteiger partial charge in [0.1, 0.15) is 17.4 Å². The molecule has 0 bridgehead atoms. The van der Waals surface area contributed by atoms with Crippen LogP contribution in [-0.2, 0) is 7.05 Å². The van der Waals surface area contributed by atoms with Crippen molar-refractivity contribution in [3.63, 3.8) is 0 Å². The lowest BCUT2D eigenvalue weighted by atomic mass is 10.2. The van der Waals surface area contributed by atoms with Gasteiger partial charge in [0.15, 0.2) is 5.82 Å². The largest absolute Gasteiger partial charge is 0.304 e. The fourth-order valence-electron chi connectivity index (χ4n) is 1.51. The van der Waals surface area contributed by atoms with Gasteiger partial charge in [-0.25, -0.2) is 4.39 Å². The number of benzene rings is 1. The quantitative estimate of drug-likeness (QED) is 0.923. The molecule has 1 heterocycles. The van der Waals surface area contributed by atoms with Crippen molar-refractivity contribution in [3.8, 4) is 6.07 Å². The van der Waals surface area contributed by atoms with Crippen molar-refractivity contribution in [2.45, 2.75) is 0 Å². The molecule has 0 aliphatic heterocycles. The zero-order chi connectivity index (χ0) is 14.0. The van der Waals surface area contributed by atoms with E-state index >= 15 is 0 Å². The Labute approximate surface area is 116 Å². The van der Waals surface area contributed by atoms with E-state index in [1.165, 1.54) is 23.0 Å². The fourth-order valence-corrected chi connectivity index (χ4v) is 1.94. The third-order valence-corrected chi connectivity index (χ3v) is 3.05. The average Bonchev–Trinajstić information content (AvgIpc) is 2.72. The molecule has 0 aliphatic rings. The predicted octanol–water partition coefficient (Wildman–Crippen LogP) is 2.45. The topological polar surface area (TPSA) is 70.7 Å². The lowest BCUT2D eigenvalue weighted by Crippen LogP contribution is -2.14. The monoisotopic (exact) mass is 322 g/mol. The molecule has 0 fully saturated rings. The van der Waals surface area contributed by atoms with Gasteiger partial charge in [0.25, 0.3) is 5.91 Å². The second-order valence-electron chi connectivity index (χ2n) is 3.76. The second-order valence-corrected chi connectivity index (χ2v) is 4.61. The minimum absolute atomic E-state index is 0.134. The number of nitrogens with one attached hydrogen (secondary N) is 1. The third-order valence-electron chi connectivity index (χ3n) is 2.35. The van der Waals surface area contributed by atoms with E-state index in [4.69, 9.17) is 5.26 Å². The van der Waals surface area contributed by atoms with Crippen molar-refractivity contribution in [1.29, 1.82) is 5.26 Å². The van der Waals surface area contributed by atoms with Gasteiger partial charge in [-0.3, -0.25) is 9.48 Å². The van der Waals surface area contributed by atoms with Crippen LogP contribution in [0.3, 0.4) is 0 Å². The summed E-state index contributed by atoms with van der Waals surface area (Å²) in [5.41, 5.74) is 0.373. The summed E-state index contributed by atoms with van der Waals surface area (Å²) in [6.07, 6.45) is 1.48. The van der Waals surface area contributed by atoms with Crippen molar-refractivity contribution < 1.29 is 9.18 Å². The summed E-state index contributed by atoms with van der Waals surface area (Å²) >= 11 is 3.17. The van der Waals surface area contributed by atoms with Crippen molar-refractivity contribution >= 4 is 27.7 Å². The van der Waals surface area contributed by atoms with Crippen molar-refractivity contribution in [2.24, 2.45) is 7.05 Å². The SMILES string of the molecule is Cn1cc(C#N)c(NC(=O)c2cc(F)ccc2Br)n1. The first-order chi connectivity index (χ1) is 9.01. The molecule has 0 saturated heterocycles. The summed E-state index contributed by atoms with van der Waals surface area (Å²) in [7, 11) is 1.63. The van der Waals surface area contributed by atoms with E-state index in [0.29, 0.717) is 4.47 Å². The van der Waals surface area contributed by atoms with Crippen LogP contribution in [0.1, 0.15) is 15.9 Å². The molecule has 0 saturated carbocycles. The van der Waals surface area contributed by atoms with Gasteiger partial charge in [0, 0.05) is 17.7 Å². The van der Waals surface area contributed by atoms with Crippen molar-refractivity contribution in [3.05, 3.63) is 45.8 Å². The summed E-state index contributed by atoms with van der Waals surface area (Å²) in [6.45, 7) is 0. The van der Waals surface area contributed by atoms with E-state index in [0.717, 1.165) is 6.07 Å². The molecular formula is C12H8BrFN4O. The minimum atomic E-state index is -0.540. The van der Waals surface area contributed by atoms with Gasteiger partial charge >= 0.3 is 0 Å². The van der Waals surface area contributed by atoms with Crippen LogP contribution in [0.2, 0.25) is 0 Å². The van der Waals surface area contributed by atoms with Crippen LogP contribution in [0, 0.1) is 17.1 Å². The normalized spacial score (nSPS) is 10.0. The Bertz CT molecular complexity index is 690. The third kappa shape index (κ3) is 2.80. The molecule has 1 N–H and O–H groups in total. The minimum Gasteiger partial charge on any atom is -0.304 e. The average molecular weight is 323 g/mol. The van der Waals surface area contributed by atoms with Gasteiger partial charge in [-0.2, -0.15) is 10.4 Å². The molecule has 1 aromatic heterocycles. The first-order valence-corrected chi connectivity index (χ1v) is 6.00. The van der Waals surface area contributed by atoms with Crippen LogP contribution >= 0.6 is 15.9 Å². The van der Waals surface area contributed by atoms with Crippen molar-refractivity contribution in [2.75, 3.05) is 5.32 Å². The standard InChI is InChI=1S/C12H8BrFN4O/c1-18-6-7(5-15)11(17-18)16-12(19)9-4-8(14)2-3-10(9)13/h2-4,6H,1H3,(H,16,17,19). The van der Waals surface area contributed by atoms with Crippen LogP contribution in [0.25, 0.3) is 0 Å². The highest BCUT2D eigenvalue weighted by Crippen LogP contribution is 2.20. The lowest BCUT2D eigenvalue weighted by molar-refractivity contribution is 0.102. The number of rotatable bonds is 2. The van der Waals surface area contributed by atoms with E-state index in [-0.39, 0.29) is 16.9 Å². The van der Waals surface area contributed by atoms with Crippen molar-refractivity contribution in [1.82, 2.24) is 9.78 Å². The maximum Gasteiger partial charge on any atom is 0.258 e. The summed E-state index contributed by atoms with van der Waals surface area (Å²) in [5, 5.41) is 15.3. The Hall–Kier alpha value is -2.20. The molecule has 0 aliphatic carbocycles. The number of carbonyl (C=O) groups excluding carboxylic acids is 1. The number of nitrogens with zero attached hydrogens (tertiary/aromatic N) is 3. The van der Waals surface area contributed by atoms with E-state index in [9.17, 15) is 9.18 Å². The maximum atomic E-state index is 13.1. The number of aromatic nitrogens is 2. The molecule has 2 rings (SSSR count). The van der Waals surface area contributed by atoms with Gasteiger partial charge in [-0.05, 0) is 34.1 Å². The Kier molecular flexibility index (Phi) is 3.62. The zero-order valence-corrected chi connectivity index (χ0v) is 11.4. The second kappa shape index (κ2) is 5.20. The van der Waals surface area contributed by atoms with Gasteiger partial charge < -0.3 is 5.32 Å². The Balaban J connectivity index is 2.31. The number of aryl methyl sites for hydroxylation is 1. The van der Waals surface area contributed by atoms with E-state index < -0.39 is 11.7 Å². The van der Waals surface area contributed by atoms with Gasteiger partial charge in [-0.1, -0.05) is 0 Å². The van der Waals surface area contributed by atoms with Crippen LogP contribution in [0.15, 0.2) is 28.9 Å². The highest BCUT2D eigenvalue weighted by Gasteiger charge is 2.15. The van der Waals surface area contributed by atoms with E-state index in [1.54, 1.807) is 7.05 Å². The molecule has 1 amide bonds. The lowest BCUT2D eigenvalue weighted by Gasteiger charge is -2.05. The molecule has 0 radical (unpaired) electrons. The maximum absolute atomic E-state index is 13.1. The number of nitriles is 1. The first kappa shape index (κ1) is 13.2. The van der Waals surface area contributed by atoms with Crippen LogP contribution in [0.4, 0.5) is 10.2 Å². The molecule has 96 valence electrons. The number of hydrogen-bond donors (Lipinski definition) is 1. The molecule has 7 heteroatoms. The summed E-state index contributed by atoms with van der Waals surface area (Å²) in [5.74, 6) is -0.914. The number of amides is 1. The molecule has 0 atom stereocenters. The highest BCUT2D eigenvalue weighted by molar-refractivity contribution is 9.10. The number of carbonyl (C=O) groups is 1. The number of anilines is 1. The number of hydrogen-bond acceptors (Lipinski definition) is 3. The summed E-state index contributed by atoms with van der Waals surface area (Å²) in [4.78, 5) is 12.0. The molecule has 0 spiro atoms. The first-order valence-electron chi connectivity index (χ1n) is 5.21. The number of halogens is 2. The van der Waals surface area contributed by atoms with Crippen LogP contribution < -0.4 is 5.32 Å². The molecule has 0 unspecified atom stereocenters. The zero-order valence-electron chi connectivity index (χ0n) is 9.82. The molecule has 5 nitrogen and oxygen atoms in total. The molecule has 2 aromatic rings. The van der Waals surface area contributed by atoms with Crippen LogP contribution in [0.5, 0.6) is 0 Å². The van der Waals surface area contributed by atoms with E-state index in [1.807, 2.05) is 6.07 Å².